The smallest absolute Gasteiger partial charge is 0.122 e. The van der Waals surface area contributed by atoms with Crippen molar-refractivity contribution in [2.75, 3.05) is 13.7 Å². The van der Waals surface area contributed by atoms with Gasteiger partial charge in [-0.25, -0.2) is 4.98 Å². The van der Waals surface area contributed by atoms with Gasteiger partial charge in [-0.05, 0) is 44.5 Å². The van der Waals surface area contributed by atoms with Crippen LogP contribution in [0.2, 0.25) is 0 Å². The molecule has 1 N–H and O–H groups in total. The lowest BCUT2D eigenvalue weighted by Crippen LogP contribution is -2.05. The molecule has 0 aliphatic heterocycles. The topological polar surface area (TPSA) is 34.1 Å². The molecular formula is C17H24N2OS. The first kappa shape index (κ1) is 16.0. The Balaban J connectivity index is 1.95. The zero-order valence-electron chi connectivity index (χ0n) is 13.3. The Morgan fingerprint density at radius 2 is 2.10 bits per heavy atom. The van der Waals surface area contributed by atoms with Gasteiger partial charge < -0.3 is 10.1 Å². The summed E-state index contributed by atoms with van der Waals surface area (Å²) in [4.78, 5) is 6.07. The number of rotatable bonds is 7. The number of thiazole rings is 1. The molecule has 0 aliphatic rings. The molecule has 0 spiro atoms. The number of ether oxygens (including phenoxy) is 1. The molecule has 0 atom stereocenters. The van der Waals surface area contributed by atoms with E-state index in [2.05, 4.69) is 32.2 Å². The molecule has 1 aromatic carbocycles. The summed E-state index contributed by atoms with van der Waals surface area (Å²) in [6.45, 7) is 7.96. The van der Waals surface area contributed by atoms with Crippen LogP contribution in [0.4, 0.5) is 0 Å². The number of benzene rings is 1. The monoisotopic (exact) mass is 304 g/mol. The minimum Gasteiger partial charge on any atom is -0.493 e. The van der Waals surface area contributed by atoms with E-state index in [0.29, 0.717) is 6.61 Å². The van der Waals surface area contributed by atoms with Crippen molar-refractivity contribution in [1.29, 1.82) is 0 Å². The van der Waals surface area contributed by atoms with Gasteiger partial charge in [0.05, 0.1) is 17.3 Å². The summed E-state index contributed by atoms with van der Waals surface area (Å²) in [5.41, 5.74) is 3.71. The summed E-state index contributed by atoms with van der Waals surface area (Å²) in [6.07, 6.45) is 1.86. The minimum atomic E-state index is 0.681. The molecule has 2 aromatic rings. The number of hydrogen-bond acceptors (Lipinski definition) is 4. The van der Waals surface area contributed by atoms with Gasteiger partial charge in [0.2, 0.25) is 0 Å². The number of nitrogens with one attached hydrogen (secondary N) is 1. The molecule has 114 valence electrons. The second-order valence-corrected chi connectivity index (χ2v) is 6.33. The molecule has 0 unspecified atom stereocenters. The second kappa shape index (κ2) is 7.57. The van der Waals surface area contributed by atoms with E-state index >= 15 is 0 Å². The molecule has 3 nitrogen and oxygen atoms in total. The van der Waals surface area contributed by atoms with Gasteiger partial charge in [0.15, 0.2) is 0 Å². The average Bonchev–Trinajstić information content (AvgIpc) is 2.86. The van der Waals surface area contributed by atoms with Crippen LogP contribution in [0.3, 0.4) is 0 Å². The summed E-state index contributed by atoms with van der Waals surface area (Å²) >= 11 is 1.80. The van der Waals surface area contributed by atoms with E-state index in [1.807, 2.05) is 19.2 Å². The van der Waals surface area contributed by atoms with Crippen molar-refractivity contribution in [2.24, 2.45) is 0 Å². The lowest BCUT2D eigenvalue weighted by Gasteiger charge is -2.09. The summed E-state index contributed by atoms with van der Waals surface area (Å²) in [5, 5.41) is 4.38. The minimum absolute atomic E-state index is 0.681. The molecule has 0 fully saturated rings. The largest absolute Gasteiger partial charge is 0.493 e. The fraction of sp³-hybridized carbons (Fsp3) is 0.471. The fourth-order valence-corrected chi connectivity index (χ4v) is 3.40. The summed E-state index contributed by atoms with van der Waals surface area (Å²) < 4.78 is 5.92. The van der Waals surface area contributed by atoms with Crippen molar-refractivity contribution in [2.45, 2.75) is 40.2 Å². The number of aromatic nitrogens is 1. The standard InChI is InChI=1S/C17H24N2OS/c1-5-14-16(11-18-4)21-17(19-14)9-10-20-15-8-6-7-12(2)13(15)3/h6-8,18H,5,9-11H2,1-4H3. The molecule has 0 saturated heterocycles. The van der Waals surface area contributed by atoms with Gasteiger partial charge in [-0.3, -0.25) is 0 Å². The first-order valence-electron chi connectivity index (χ1n) is 7.46. The van der Waals surface area contributed by atoms with Crippen molar-refractivity contribution in [3.05, 3.63) is 44.9 Å². The van der Waals surface area contributed by atoms with Gasteiger partial charge in [-0.1, -0.05) is 19.1 Å². The maximum atomic E-state index is 5.92. The highest BCUT2D eigenvalue weighted by Crippen LogP contribution is 2.22. The quantitative estimate of drug-likeness (QED) is 0.847. The van der Waals surface area contributed by atoms with E-state index in [-0.39, 0.29) is 0 Å². The van der Waals surface area contributed by atoms with Crippen LogP contribution >= 0.6 is 11.3 Å². The molecule has 4 heteroatoms. The third-order valence-electron chi connectivity index (χ3n) is 3.62. The average molecular weight is 304 g/mol. The summed E-state index contributed by atoms with van der Waals surface area (Å²) in [7, 11) is 1.97. The summed E-state index contributed by atoms with van der Waals surface area (Å²) in [5.74, 6) is 0.984. The molecule has 0 amide bonds. The highest BCUT2D eigenvalue weighted by atomic mass is 32.1. The molecule has 0 bridgehead atoms. The van der Waals surface area contributed by atoms with Crippen LogP contribution < -0.4 is 10.1 Å². The molecule has 2 rings (SSSR count). The lowest BCUT2D eigenvalue weighted by atomic mass is 10.1. The van der Waals surface area contributed by atoms with Crippen LogP contribution in [0.1, 0.15) is 33.6 Å². The maximum Gasteiger partial charge on any atom is 0.122 e. The number of aryl methyl sites for hydroxylation is 2. The Bertz CT molecular complexity index is 592. The Morgan fingerprint density at radius 1 is 1.29 bits per heavy atom. The van der Waals surface area contributed by atoms with Crippen LogP contribution in [0.15, 0.2) is 18.2 Å². The van der Waals surface area contributed by atoms with E-state index < -0.39 is 0 Å². The van der Waals surface area contributed by atoms with Crippen molar-refractivity contribution in [1.82, 2.24) is 10.3 Å². The van der Waals surface area contributed by atoms with Gasteiger partial charge in [0.1, 0.15) is 5.75 Å². The third kappa shape index (κ3) is 4.05. The fourth-order valence-electron chi connectivity index (χ4n) is 2.25. The molecule has 1 heterocycles. The van der Waals surface area contributed by atoms with Gasteiger partial charge in [0, 0.05) is 17.8 Å². The molecule has 1 aromatic heterocycles. The predicted octanol–water partition coefficient (Wildman–Crippen LogP) is 3.66. The Hall–Kier alpha value is -1.39. The maximum absolute atomic E-state index is 5.92. The molecule has 0 saturated carbocycles. The molecule has 21 heavy (non-hydrogen) atoms. The van der Waals surface area contributed by atoms with E-state index in [0.717, 1.165) is 25.1 Å². The van der Waals surface area contributed by atoms with E-state index in [4.69, 9.17) is 9.72 Å². The Morgan fingerprint density at radius 3 is 2.81 bits per heavy atom. The van der Waals surface area contributed by atoms with Gasteiger partial charge in [-0.15, -0.1) is 11.3 Å². The third-order valence-corrected chi connectivity index (χ3v) is 4.78. The first-order valence-corrected chi connectivity index (χ1v) is 8.28. The molecule has 0 radical (unpaired) electrons. The normalized spacial score (nSPS) is 10.9. The molecular weight excluding hydrogens is 280 g/mol. The highest BCUT2D eigenvalue weighted by molar-refractivity contribution is 7.11. The van der Waals surface area contributed by atoms with Crippen molar-refractivity contribution in [3.8, 4) is 5.75 Å². The first-order chi connectivity index (χ1) is 10.2. The van der Waals surface area contributed by atoms with Gasteiger partial charge in [0.25, 0.3) is 0 Å². The highest BCUT2D eigenvalue weighted by Gasteiger charge is 2.09. The van der Waals surface area contributed by atoms with Crippen LogP contribution in [0, 0.1) is 13.8 Å². The summed E-state index contributed by atoms with van der Waals surface area (Å²) in [6, 6.07) is 6.19. The SMILES string of the molecule is CCc1nc(CCOc2cccc(C)c2C)sc1CNC. The second-order valence-electron chi connectivity index (χ2n) is 5.16. The van der Waals surface area contributed by atoms with Crippen molar-refractivity contribution in [3.63, 3.8) is 0 Å². The molecule has 0 aliphatic carbocycles. The van der Waals surface area contributed by atoms with Crippen LogP contribution in [-0.2, 0) is 19.4 Å². The van der Waals surface area contributed by atoms with Crippen LogP contribution in [0.25, 0.3) is 0 Å². The lowest BCUT2D eigenvalue weighted by molar-refractivity contribution is 0.319. The predicted molar refractivity (Wildman–Crippen MR) is 89.4 cm³/mol. The number of nitrogens with zero attached hydrogens (tertiary/aromatic N) is 1. The Labute approximate surface area is 131 Å². The van der Waals surface area contributed by atoms with Crippen LogP contribution in [-0.4, -0.2) is 18.6 Å². The Kier molecular flexibility index (Phi) is 5.76. The van der Waals surface area contributed by atoms with E-state index in [1.54, 1.807) is 11.3 Å². The van der Waals surface area contributed by atoms with E-state index in [9.17, 15) is 0 Å². The van der Waals surface area contributed by atoms with Crippen LogP contribution in [0.5, 0.6) is 5.75 Å². The van der Waals surface area contributed by atoms with Gasteiger partial charge >= 0.3 is 0 Å². The van der Waals surface area contributed by atoms with Crippen molar-refractivity contribution >= 4 is 11.3 Å². The van der Waals surface area contributed by atoms with Crippen molar-refractivity contribution < 1.29 is 4.74 Å². The van der Waals surface area contributed by atoms with Gasteiger partial charge in [-0.2, -0.15) is 0 Å². The zero-order valence-corrected chi connectivity index (χ0v) is 14.1. The van der Waals surface area contributed by atoms with E-state index in [1.165, 1.54) is 26.7 Å². The zero-order chi connectivity index (χ0) is 15.2. The number of hydrogen-bond donors (Lipinski definition) is 1.